The highest BCUT2D eigenvalue weighted by atomic mass is 19.1. The van der Waals surface area contributed by atoms with Gasteiger partial charge in [-0.15, -0.1) is 0 Å². The van der Waals surface area contributed by atoms with Crippen LogP contribution < -0.4 is 10.6 Å². The molecule has 4 aliphatic heterocycles. The van der Waals surface area contributed by atoms with Crippen LogP contribution in [0.2, 0.25) is 0 Å². The quantitative estimate of drug-likeness (QED) is 0.514. The normalized spacial score (nSPS) is 27.9. The van der Waals surface area contributed by atoms with Gasteiger partial charge in [-0.1, -0.05) is 30.4 Å². The fourth-order valence-corrected chi connectivity index (χ4v) is 7.36. The molecule has 0 radical (unpaired) electrons. The Morgan fingerprint density at radius 3 is 2.73 bits per heavy atom. The summed E-state index contributed by atoms with van der Waals surface area (Å²) in [4.78, 5) is 20.6. The van der Waals surface area contributed by atoms with Crippen LogP contribution in [0.25, 0.3) is 11.3 Å². The van der Waals surface area contributed by atoms with Crippen LogP contribution >= 0.6 is 0 Å². The molecule has 5 heterocycles. The summed E-state index contributed by atoms with van der Waals surface area (Å²) in [5.74, 6) is 0.115. The zero-order valence-corrected chi connectivity index (χ0v) is 23.3. The lowest BCUT2D eigenvalue weighted by molar-refractivity contribution is -0.124. The second-order valence-electron chi connectivity index (χ2n) is 12.5. The summed E-state index contributed by atoms with van der Waals surface area (Å²) >= 11 is 0. The number of piperidine rings is 2. The van der Waals surface area contributed by atoms with E-state index in [4.69, 9.17) is 14.5 Å². The molecule has 1 aromatic carbocycles. The molecule has 4 atom stereocenters. The molecule has 1 spiro atoms. The number of fused-ring (bicyclic) bond motifs is 4. The van der Waals surface area contributed by atoms with Crippen LogP contribution in [0, 0.1) is 11.7 Å². The van der Waals surface area contributed by atoms with E-state index in [-0.39, 0.29) is 29.4 Å². The van der Waals surface area contributed by atoms with Gasteiger partial charge in [0.15, 0.2) is 0 Å². The van der Waals surface area contributed by atoms with E-state index in [1.165, 1.54) is 0 Å². The van der Waals surface area contributed by atoms with Crippen LogP contribution in [0.15, 0.2) is 42.5 Å². The van der Waals surface area contributed by atoms with Crippen LogP contribution in [0.3, 0.4) is 0 Å². The summed E-state index contributed by atoms with van der Waals surface area (Å²) in [5, 5.41) is 6.59. The number of carbonyl (C=O) groups is 1. The van der Waals surface area contributed by atoms with Gasteiger partial charge in [-0.2, -0.15) is 0 Å². The monoisotopic (exact) mass is 546 g/mol. The number of halogens is 1. The van der Waals surface area contributed by atoms with Crippen molar-refractivity contribution in [1.29, 1.82) is 0 Å². The third-order valence-corrected chi connectivity index (χ3v) is 9.98. The van der Waals surface area contributed by atoms with Gasteiger partial charge in [-0.05, 0) is 69.1 Å². The molecule has 3 saturated heterocycles. The first-order valence-corrected chi connectivity index (χ1v) is 14.9. The molecular weight excluding hydrogens is 507 g/mol. The number of ether oxygens (including phenoxy) is 2. The molecule has 4 fully saturated rings. The minimum absolute atomic E-state index is 0.00238. The first-order chi connectivity index (χ1) is 19.4. The van der Waals surface area contributed by atoms with Crippen LogP contribution in [-0.2, 0) is 32.9 Å². The molecule has 1 saturated carbocycles. The van der Waals surface area contributed by atoms with Gasteiger partial charge in [0.2, 0.25) is 5.91 Å². The summed E-state index contributed by atoms with van der Waals surface area (Å²) in [5.41, 5.74) is 4.68. The zero-order valence-electron chi connectivity index (χ0n) is 23.3. The molecule has 2 bridgehead atoms. The highest BCUT2D eigenvalue weighted by Crippen LogP contribution is 2.44. The summed E-state index contributed by atoms with van der Waals surface area (Å²) in [6.45, 7) is 10.1. The van der Waals surface area contributed by atoms with Crippen LogP contribution in [0.5, 0.6) is 0 Å². The van der Waals surface area contributed by atoms with Gasteiger partial charge in [0.05, 0.1) is 49.3 Å². The van der Waals surface area contributed by atoms with Gasteiger partial charge in [0, 0.05) is 30.3 Å². The Bertz CT molecular complexity index is 1320. The summed E-state index contributed by atoms with van der Waals surface area (Å²) < 4.78 is 27.2. The van der Waals surface area contributed by atoms with Gasteiger partial charge < -0.3 is 20.1 Å². The fourth-order valence-electron chi connectivity index (χ4n) is 7.36. The van der Waals surface area contributed by atoms with E-state index in [0.29, 0.717) is 36.6 Å². The molecule has 8 heteroatoms. The summed E-state index contributed by atoms with van der Waals surface area (Å²) in [7, 11) is 0. The molecule has 7 rings (SSSR count). The topological polar surface area (TPSA) is 75.7 Å². The van der Waals surface area contributed by atoms with Crippen molar-refractivity contribution in [2.75, 3.05) is 26.3 Å². The lowest BCUT2D eigenvalue weighted by Gasteiger charge is -2.44. The zero-order chi connectivity index (χ0) is 27.4. The Kier molecular flexibility index (Phi) is 6.77. The molecule has 1 aromatic heterocycles. The van der Waals surface area contributed by atoms with Gasteiger partial charge >= 0.3 is 0 Å². The van der Waals surface area contributed by atoms with Gasteiger partial charge in [-0.3, -0.25) is 9.69 Å². The number of carbonyl (C=O) groups excluding carboxylic acids is 1. The minimum Gasteiger partial charge on any atom is -0.378 e. The first kappa shape index (κ1) is 26.3. The molecule has 2 N–H and O–H groups in total. The minimum atomic E-state index is -0.356. The van der Waals surface area contributed by atoms with E-state index in [1.54, 1.807) is 6.07 Å². The molecule has 40 heavy (non-hydrogen) atoms. The van der Waals surface area contributed by atoms with E-state index in [2.05, 4.69) is 28.2 Å². The maximum atomic E-state index is 15.5. The number of amides is 1. The predicted molar refractivity (Wildman–Crippen MR) is 150 cm³/mol. The van der Waals surface area contributed by atoms with Crippen molar-refractivity contribution in [3.05, 3.63) is 65.1 Å². The maximum Gasteiger partial charge on any atom is 0.237 e. The lowest BCUT2D eigenvalue weighted by Crippen LogP contribution is -2.54. The molecule has 1 amide bonds. The van der Waals surface area contributed by atoms with Crippen molar-refractivity contribution in [2.24, 2.45) is 5.92 Å². The Hall–Kier alpha value is -2.65. The molecule has 0 unspecified atom stereocenters. The van der Waals surface area contributed by atoms with Gasteiger partial charge in [-0.25, -0.2) is 9.37 Å². The fraction of sp³-hybridized carbons (Fsp3) is 0.562. The number of rotatable bonds is 7. The van der Waals surface area contributed by atoms with Crippen molar-refractivity contribution in [3.8, 4) is 11.3 Å². The van der Waals surface area contributed by atoms with Crippen molar-refractivity contribution in [3.63, 3.8) is 0 Å². The number of nitrogens with one attached hydrogen (secondary N) is 2. The van der Waals surface area contributed by atoms with Crippen LogP contribution in [0.4, 0.5) is 4.39 Å². The largest absolute Gasteiger partial charge is 0.378 e. The number of hydrogen-bond acceptors (Lipinski definition) is 6. The molecule has 212 valence electrons. The summed E-state index contributed by atoms with van der Waals surface area (Å²) in [6, 6.07) is 9.90. The standard InChI is InChI=1S/C32H39FN4O3/c1-19(2)28(36-31(38)29-22-5-7-24(13-22)34-29)15-20-3-4-21(14-26(20)33)27-8-6-23-16-40-32(30(23)35-27)9-11-37(12-10-32)25-17-39-18-25/h3-4,6,8,14,22,24-25,28-29,34H,1,5,7,9-13,15-18H2,2H3,(H,36,38)/t22-,24+,28-,29-/m0/s1. The number of likely N-dealkylation sites (tertiary alicyclic amines) is 1. The number of aromatic nitrogens is 1. The third kappa shape index (κ3) is 4.69. The van der Waals surface area contributed by atoms with E-state index in [0.717, 1.165) is 86.5 Å². The Morgan fingerprint density at radius 1 is 1.25 bits per heavy atom. The lowest BCUT2D eigenvalue weighted by atomic mass is 9.86. The Labute approximate surface area is 235 Å². The molecule has 1 aliphatic carbocycles. The molecular formula is C32H39FN4O3. The van der Waals surface area contributed by atoms with Crippen molar-refractivity contribution < 1.29 is 18.7 Å². The molecule has 2 aromatic rings. The second-order valence-corrected chi connectivity index (χ2v) is 12.5. The van der Waals surface area contributed by atoms with Crippen molar-refractivity contribution in [1.82, 2.24) is 20.5 Å². The second kappa shape index (κ2) is 10.3. The number of hydrogen-bond donors (Lipinski definition) is 2. The van der Waals surface area contributed by atoms with Crippen LogP contribution in [-0.4, -0.2) is 66.3 Å². The van der Waals surface area contributed by atoms with E-state index in [1.807, 2.05) is 25.1 Å². The first-order valence-electron chi connectivity index (χ1n) is 14.9. The summed E-state index contributed by atoms with van der Waals surface area (Å²) in [6.07, 6.45) is 5.51. The van der Waals surface area contributed by atoms with Crippen molar-refractivity contribution in [2.45, 2.75) is 81.8 Å². The smallest absolute Gasteiger partial charge is 0.237 e. The molecule has 7 nitrogen and oxygen atoms in total. The number of pyridine rings is 1. The predicted octanol–water partition coefficient (Wildman–Crippen LogP) is 3.85. The highest BCUT2D eigenvalue weighted by Gasteiger charge is 2.46. The van der Waals surface area contributed by atoms with E-state index < -0.39 is 0 Å². The SMILES string of the molecule is C=C(C)[C@H](Cc1ccc(-c2ccc3c(n2)C2(CCN(C4COC4)CC2)OC3)cc1F)NC(=O)[C@H]1N[C@@H]2CC[C@H]1C2. The van der Waals surface area contributed by atoms with Gasteiger partial charge in [0.1, 0.15) is 11.4 Å². The average Bonchev–Trinajstić information content (AvgIpc) is 3.65. The van der Waals surface area contributed by atoms with Crippen LogP contribution in [0.1, 0.15) is 55.8 Å². The molecule has 5 aliphatic rings. The number of nitrogens with zero attached hydrogens (tertiary/aromatic N) is 2. The maximum absolute atomic E-state index is 15.5. The average molecular weight is 547 g/mol. The van der Waals surface area contributed by atoms with Gasteiger partial charge in [0.25, 0.3) is 0 Å². The highest BCUT2D eigenvalue weighted by molar-refractivity contribution is 5.83. The number of benzene rings is 1. The third-order valence-electron chi connectivity index (χ3n) is 9.98. The van der Waals surface area contributed by atoms with Crippen molar-refractivity contribution >= 4 is 5.91 Å². The van der Waals surface area contributed by atoms with E-state index >= 15 is 4.39 Å². The Balaban J connectivity index is 1.05. The van der Waals surface area contributed by atoms with E-state index in [9.17, 15) is 4.79 Å². The Morgan fingerprint density at radius 2 is 2.08 bits per heavy atom.